The van der Waals surface area contributed by atoms with E-state index in [4.69, 9.17) is 24.9 Å². The van der Waals surface area contributed by atoms with Gasteiger partial charge < -0.3 is 24.5 Å². The molecule has 0 amide bonds. The van der Waals surface area contributed by atoms with E-state index in [1.165, 1.54) is 11.1 Å². The van der Waals surface area contributed by atoms with Crippen LogP contribution >= 0.6 is 15.9 Å². The van der Waals surface area contributed by atoms with Crippen LogP contribution in [0.2, 0.25) is 0 Å². The highest BCUT2D eigenvalue weighted by molar-refractivity contribution is 9.10. The molecule has 1 aromatic heterocycles. The minimum absolute atomic E-state index is 0.0830. The minimum Gasteiger partial charge on any atom is -0.497 e. The fourth-order valence-corrected chi connectivity index (χ4v) is 3.97. The van der Waals surface area contributed by atoms with Gasteiger partial charge in [0.15, 0.2) is 12.2 Å². The summed E-state index contributed by atoms with van der Waals surface area (Å²) in [6, 6.07) is 16.6. The zero-order chi connectivity index (χ0) is 20.9. The van der Waals surface area contributed by atoms with Crippen molar-refractivity contribution in [3.8, 4) is 5.75 Å². The van der Waals surface area contributed by atoms with Crippen molar-refractivity contribution in [2.24, 2.45) is 0 Å². The van der Waals surface area contributed by atoms with Gasteiger partial charge in [-0.15, -0.1) is 0 Å². The van der Waals surface area contributed by atoms with Crippen LogP contribution in [0.3, 0.4) is 0 Å². The summed E-state index contributed by atoms with van der Waals surface area (Å²) in [5.74, 6) is 1.43. The Balaban J connectivity index is 1.59. The molecule has 2 heterocycles. The van der Waals surface area contributed by atoms with Crippen LogP contribution < -0.4 is 10.5 Å². The molecule has 1 saturated heterocycles. The molecule has 1 unspecified atom stereocenters. The van der Waals surface area contributed by atoms with Gasteiger partial charge >= 0.3 is 0 Å². The first kappa shape index (κ1) is 20.9. The van der Waals surface area contributed by atoms with Gasteiger partial charge in [0.05, 0.1) is 26.0 Å². The second-order valence-corrected chi connectivity index (χ2v) is 8.25. The normalized spacial score (nSPS) is 15.4. The second-order valence-electron chi connectivity index (χ2n) is 7.33. The lowest BCUT2D eigenvalue weighted by atomic mass is 9.89. The highest BCUT2D eigenvalue weighted by Crippen LogP contribution is 2.30. The van der Waals surface area contributed by atoms with Gasteiger partial charge in [0.1, 0.15) is 5.75 Å². The van der Waals surface area contributed by atoms with E-state index in [-0.39, 0.29) is 12.2 Å². The van der Waals surface area contributed by atoms with E-state index in [0.717, 1.165) is 28.8 Å². The van der Waals surface area contributed by atoms with Crippen molar-refractivity contribution >= 4 is 21.9 Å². The Labute approximate surface area is 185 Å². The number of anilines is 1. The van der Waals surface area contributed by atoms with E-state index in [2.05, 4.69) is 58.5 Å². The Kier molecular flexibility index (Phi) is 6.72. The number of aromatic nitrogens is 2. The number of ether oxygens (including phenoxy) is 3. The lowest BCUT2D eigenvalue weighted by Crippen LogP contribution is -2.12. The quantitative estimate of drug-likeness (QED) is 0.527. The first-order chi connectivity index (χ1) is 14.6. The molecule has 1 aliphatic rings. The molecule has 158 valence electrons. The van der Waals surface area contributed by atoms with Crippen LogP contribution in [0.1, 0.15) is 29.2 Å². The maximum Gasteiger partial charge on any atom is 0.200 e. The molecular weight excluding hydrogens is 446 g/mol. The Hall–Kier alpha value is -2.35. The zero-order valence-electron chi connectivity index (χ0n) is 17.0. The largest absolute Gasteiger partial charge is 0.497 e. The van der Waals surface area contributed by atoms with Gasteiger partial charge in [0, 0.05) is 29.6 Å². The number of benzene rings is 2. The van der Waals surface area contributed by atoms with Crippen LogP contribution in [0.4, 0.5) is 5.95 Å². The third-order valence-corrected chi connectivity index (χ3v) is 5.88. The topological polar surface area (TPSA) is 71.5 Å². The Morgan fingerprint density at radius 3 is 2.50 bits per heavy atom. The molecule has 7 heteroatoms. The number of nitrogens with two attached hydrogens (primary N) is 1. The van der Waals surface area contributed by atoms with Crippen LogP contribution in [0.5, 0.6) is 5.75 Å². The third kappa shape index (κ3) is 5.03. The molecule has 4 rings (SSSR count). The number of hydrogen-bond acceptors (Lipinski definition) is 5. The molecule has 2 aromatic carbocycles. The van der Waals surface area contributed by atoms with Crippen LogP contribution in [0.15, 0.2) is 59.2 Å². The monoisotopic (exact) mass is 471 g/mol. The molecule has 0 bridgehead atoms. The van der Waals surface area contributed by atoms with Crippen LogP contribution in [0, 0.1) is 0 Å². The molecule has 0 saturated carbocycles. The molecule has 1 atom stereocenters. The van der Waals surface area contributed by atoms with E-state index < -0.39 is 0 Å². The number of rotatable bonds is 8. The summed E-state index contributed by atoms with van der Waals surface area (Å²) >= 11 is 3.51. The summed E-state index contributed by atoms with van der Waals surface area (Å²) in [6.07, 6.45) is 3.47. The van der Waals surface area contributed by atoms with Crippen molar-refractivity contribution < 1.29 is 14.2 Å². The van der Waals surface area contributed by atoms with E-state index in [0.29, 0.717) is 25.7 Å². The van der Waals surface area contributed by atoms with Crippen molar-refractivity contribution in [2.75, 3.05) is 26.1 Å². The molecule has 1 fully saturated rings. The molecular formula is C23H26BrN3O3. The van der Waals surface area contributed by atoms with Crippen LogP contribution in [-0.4, -0.2) is 36.2 Å². The summed E-state index contributed by atoms with van der Waals surface area (Å²) in [5, 5.41) is 0. The molecule has 0 aliphatic carbocycles. The number of nitrogen functional groups attached to an aromatic ring is 1. The molecule has 6 nitrogen and oxygen atoms in total. The molecule has 1 aliphatic heterocycles. The minimum atomic E-state index is -0.157. The first-order valence-electron chi connectivity index (χ1n) is 10.1. The predicted molar refractivity (Wildman–Crippen MR) is 120 cm³/mol. The number of aryl methyl sites for hydroxylation is 1. The summed E-state index contributed by atoms with van der Waals surface area (Å²) in [7, 11) is 1.68. The number of nitrogens with zero attached hydrogens (tertiary/aromatic N) is 2. The summed E-state index contributed by atoms with van der Waals surface area (Å²) in [5.41, 5.74) is 9.61. The number of methoxy groups -OCH3 is 1. The van der Waals surface area contributed by atoms with Gasteiger partial charge in [0.25, 0.3) is 0 Å². The van der Waals surface area contributed by atoms with Crippen molar-refractivity contribution in [1.82, 2.24) is 9.55 Å². The van der Waals surface area contributed by atoms with E-state index in [1.807, 2.05) is 16.7 Å². The lowest BCUT2D eigenvalue weighted by molar-refractivity contribution is -0.0489. The lowest BCUT2D eigenvalue weighted by Gasteiger charge is -2.16. The van der Waals surface area contributed by atoms with E-state index in [1.54, 1.807) is 7.11 Å². The van der Waals surface area contributed by atoms with Gasteiger partial charge in [-0.05, 0) is 41.8 Å². The molecule has 0 spiro atoms. The van der Waals surface area contributed by atoms with Crippen LogP contribution in [0.25, 0.3) is 0 Å². The number of hydrogen-bond donors (Lipinski definition) is 1. The SMILES string of the molecule is COc1ccc(C(Cc2ccc(Br)cc2)c2cn(CCC3OCCO3)c(N)n2)cc1. The Bertz CT molecular complexity index is 951. The van der Waals surface area contributed by atoms with Gasteiger partial charge in [-0.1, -0.05) is 40.2 Å². The third-order valence-electron chi connectivity index (χ3n) is 5.35. The highest BCUT2D eigenvalue weighted by atomic mass is 79.9. The summed E-state index contributed by atoms with van der Waals surface area (Å²) < 4.78 is 19.4. The molecule has 0 radical (unpaired) electrons. The Morgan fingerprint density at radius 1 is 1.13 bits per heavy atom. The van der Waals surface area contributed by atoms with Gasteiger partial charge in [-0.2, -0.15) is 0 Å². The molecule has 2 N–H and O–H groups in total. The summed E-state index contributed by atoms with van der Waals surface area (Å²) in [4.78, 5) is 4.71. The average molecular weight is 472 g/mol. The molecule has 3 aromatic rings. The number of imidazole rings is 1. The van der Waals surface area contributed by atoms with Crippen LogP contribution in [-0.2, 0) is 22.4 Å². The zero-order valence-corrected chi connectivity index (χ0v) is 18.5. The van der Waals surface area contributed by atoms with Crippen molar-refractivity contribution in [1.29, 1.82) is 0 Å². The average Bonchev–Trinajstić information content (AvgIpc) is 3.41. The summed E-state index contributed by atoms with van der Waals surface area (Å²) in [6.45, 7) is 2.02. The van der Waals surface area contributed by atoms with Crippen molar-refractivity contribution in [2.45, 2.75) is 31.6 Å². The second kappa shape index (κ2) is 9.64. The van der Waals surface area contributed by atoms with Gasteiger partial charge in [-0.25, -0.2) is 4.98 Å². The fraction of sp³-hybridized carbons (Fsp3) is 0.348. The standard InChI is InChI=1S/C23H26BrN3O3/c1-28-19-8-4-17(5-9-19)20(14-16-2-6-18(24)7-3-16)21-15-27(23(25)26-21)11-10-22-29-12-13-30-22/h2-9,15,20,22H,10-14H2,1H3,(H2,25,26). The van der Waals surface area contributed by atoms with Crippen molar-refractivity contribution in [3.63, 3.8) is 0 Å². The van der Waals surface area contributed by atoms with Crippen molar-refractivity contribution in [3.05, 3.63) is 76.0 Å². The maximum absolute atomic E-state index is 6.24. The maximum atomic E-state index is 6.24. The smallest absolute Gasteiger partial charge is 0.200 e. The van der Waals surface area contributed by atoms with Gasteiger partial charge in [-0.3, -0.25) is 0 Å². The first-order valence-corrected chi connectivity index (χ1v) is 10.9. The number of halogens is 1. The van der Waals surface area contributed by atoms with E-state index >= 15 is 0 Å². The highest BCUT2D eigenvalue weighted by Gasteiger charge is 2.21. The predicted octanol–water partition coefficient (Wildman–Crippen LogP) is 4.37. The Morgan fingerprint density at radius 2 is 1.83 bits per heavy atom. The van der Waals surface area contributed by atoms with E-state index in [9.17, 15) is 0 Å². The molecule has 30 heavy (non-hydrogen) atoms. The fourth-order valence-electron chi connectivity index (χ4n) is 3.70. The van der Waals surface area contributed by atoms with Gasteiger partial charge in [0.2, 0.25) is 0 Å².